The van der Waals surface area contributed by atoms with E-state index in [9.17, 15) is 21.6 Å². The van der Waals surface area contributed by atoms with Crippen LogP contribution in [0.4, 0.5) is 5.69 Å². The Morgan fingerprint density at radius 2 is 1.71 bits per heavy atom. The molecule has 1 amide bonds. The van der Waals surface area contributed by atoms with Gasteiger partial charge in [0.05, 0.1) is 17.5 Å². The first kappa shape index (κ1) is 32.2. The van der Waals surface area contributed by atoms with E-state index in [2.05, 4.69) is 43.1 Å². The average Bonchev–Trinajstić information content (AvgIpc) is 3.25. The number of likely N-dealkylation sites (N-methyl/N-ethyl adjacent to an activating group) is 1. The highest BCUT2D eigenvalue weighted by Gasteiger charge is 2.66. The number of nitrogens with zero attached hydrogens (tertiary/aromatic N) is 3. The maximum absolute atomic E-state index is 14.0. The number of sulfonamides is 1. The SMILES string of the molecule is CCN(CC)[C@@H](CCS(C)(=O)=O)C(=O)NC1CC2CCC1(CS(=O)(=O)N1CCN(c3ccccc3C)CC1)C2(C)C. The molecule has 2 aliphatic carbocycles. The summed E-state index contributed by atoms with van der Waals surface area (Å²) >= 11 is 0. The number of aryl methyl sites for hydroxylation is 1. The highest BCUT2D eigenvalue weighted by Crippen LogP contribution is 2.66. The van der Waals surface area contributed by atoms with Gasteiger partial charge in [0.25, 0.3) is 0 Å². The van der Waals surface area contributed by atoms with Crippen molar-refractivity contribution in [2.75, 3.05) is 61.9 Å². The number of benzene rings is 1. The van der Waals surface area contributed by atoms with Crippen LogP contribution in [0, 0.1) is 23.7 Å². The fraction of sp³-hybridized carbons (Fsp3) is 0.767. The molecule has 4 rings (SSSR count). The molecule has 232 valence electrons. The number of hydrogen-bond donors (Lipinski definition) is 1. The van der Waals surface area contributed by atoms with E-state index < -0.39 is 31.3 Å². The summed E-state index contributed by atoms with van der Waals surface area (Å²) in [7, 11) is -6.80. The quantitative estimate of drug-likeness (QED) is 0.388. The van der Waals surface area contributed by atoms with Crippen molar-refractivity contribution in [3.05, 3.63) is 29.8 Å². The van der Waals surface area contributed by atoms with Crippen LogP contribution in [0.2, 0.25) is 0 Å². The predicted molar refractivity (Wildman–Crippen MR) is 165 cm³/mol. The molecule has 1 saturated heterocycles. The van der Waals surface area contributed by atoms with Gasteiger partial charge < -0.3 is 10.2 Å². The molecule has 1 aromatic rings. The third-order valence-electron chi connectivity index (χ3n) is 10.6. The zero-order valence-electron chi connectivity index (χ0n) is 25.7. The molecule has 0 spiro atoms. The van der Waals surface area contributed by atoms with Crippen LogP contribution in [0.5, 0.6) is 0 Å². The van der Waals surface area contributed by atoms with Gasteiger partial charge in [0.15, 0.2) is 0 Å². The molecule has 1 heterocycles. The minimum atomic E-state index is -3.58. The van der Waals surface area contributed by atoms with Gasteiger partial charge in [-0.15, -0.1) is 0 Å². The van der Waals surface area contributed by atoms with Crippen LogP contribution in [-0.2, 0) is 24.7 Å². The van der Waals surface area contributed by atoms with Gasteiger partial charge in [-0.25, -0.2) is 16.8 Å². The highest BCUT2D eigenvalue weighted by atomic mass is 32.2. The van der Waals surface area contributed by atoms with E-state index >= 15 is 0 Å². The molecule has 0 aromatic heterocycles. The molecule has 1 aliphatic heterocycles. The number of carbonyl (C=O) groups excluding carboxylic acids is 1. The molecule has 11 heteroatoms. The Morgan fingerprint density at radius 3 is 2.27 bits per heavy atom. The van der Waals surface area contributed by atoms with E-state index in [1.54, 1.807) is 4.31 Å². The number of sulfone groups is 1. The predicted octanol–water partition coefficient (Wildman–Crippen LogP) is 2.90. The van der Waals surface area contributed by atoms with E-state index in [4.69, 9.17) is 0 Å². The minimum Gasteiger partial charge on any atom is -0.369 e. The minimum absolute atomic E-state index is 0.0259. The Morgan fingerprint density at radius 1 is 1.07 bits per heavy atom. The second-order valence-electron chi connectivity index (χ2n) is 13.0. The van der Waals surface area contributed by atoms with E-state index in [0.717, 1.165) is 24.9 Å². The van der Waals surface area contributed by atoms with Crippen LogP contribution in [0.15, 0.2) is 24.3 Å². The second-order valence-corrected chi connectivity index (χ2v) is 17.2. The van der Waals surface area contributed by atoms with Gasteiger partial charge in [0.1, 0.15) is 9.84 Å². The molecular weight excluding hydrogens is 560 g/mol. The second kappa shape index (κ2) is 12.1. The smallest absolute Gasteiger partial charge is 0.237 e. The number of fused-ring (bicyclic) bond motifs is 2. The van der Waals surface area contributed by atoms with Gasteiger partial charge in [-0.2, -0.15) is 4.31 Å². The maximum atomic E-state index is 14.0. The van der Waals surface area contributed by atoms with Crippen molar-refractivity contribution in [1.29, 1.82) is 0 Å². The topological polar surface area (TPSA) is 107 Å². The molecule has 2 bridgehead atoms. The first-order chi connectivity index (χ1) is 19.1. The highest BCUT2D eigenvalue weighted by molar-refractivity contribution is 7.90. The van der Waals surface area contributed by atoms with Crippen molar-refractivity contribution >= 4 is 31.5 Å². The number of hydrogen-bond acceptors (Lipinski definition) is 7. The fourth-order valence-corrected chi connectivity index (χ4v) is 10.8. The van der Waals surface area contributed by atoms with Gasteiger partial charge in [0, 0.05) is 49.6 Å². The number of piperazine rings is 1. The number of para-hydroxylation sites is 1. The Kier molecular flexibility index (Phi) is 9.53. The van der Waals surface area contributed by atoms with E-state index in [0.29, 0.717) is 45.2 Å². The Balaban J connectivity index is 1.51. The summed E-state index contributed by atoms with van der Waals surface area (Å²) < 4.78 is 53.6. The lowest BCUT2D eigenvalue weighted by Gasteiger charge is -2.45. The summed E-state index contributed by atoms with van der Waals surface area (Å²) in [6, 6.07) is 7.38. The first-order valence-electron chi connectivity index (χ1n) is 15.2. The molecule has 2 saturated carbocycles. The molecule has 41 heavy (non-hydrogen) atoms. The monoisotopic (exact) mass is 610 g/mol. The number of amides is 1. The molecule has 3 aliphatic rings. The summed E-state index contributed by atoms with van der Waals surface area (Å²) in [5, 5.41) is 3.29. The molecule has 4 atom stereocenters. The van der Waals surface area contributed by atoms with Crippen molar-refractivity contribution in [3.63, 3.8) is 0 Å². The molecule has 3 unspecified atom stereocenters. The normalized spacial score (nSPS) is 27.3. The van der Waals surface area contributed by atoms with Crippen LogP contribution < -0.4 is 10.2 Å². The van der Waals surface area contributed by atoms with Gasteiger partial charge in [-0.1, -0.05) is 45.9 Å². The van der Waals surface area contributed by atoms with Crippen molar-refractivity contribution in [2.24, 2.45) is 16.7 Å². The first-order valence-corrected chi connectivity index (χ1v) is 18.8. The largest absolute Gasteiger partial charge is 0.369 e. The van der Waals surface area contributed by atoms with Crippen LogP contribution in [-0.4, -0.2) is 101 Å². The van der Waals surface area contributed by atoms with Crippen molar-refractivity contribution in [1.82, 2.24) is 14.5 Å². The van der Waals surface area contributed by atoms with Crippen LogP contribution >= 0.6 is 0 Å². The van der Waals surface area contributed by atoms with Gasteiger partial charge >= 0.3 is 0 Å². The fourth-order valence-electron chi connectivity index (χ4n) is 7.90. The lowest BCUT2D eigenvalue weighted by atomic mass is 9.69. The third-order valence-corrected chi connectivity index (χ3v) is 13.6. The third kappa shape index (κ3) is 6.48. The zero-order valence-corrected chi connectivity index (χ0v) is 27.4. The summed E-state index contributed by atoms with van der Waals surface area (Å²) in [5.41, 5.74) is 1.54. The lowest BCUT2D eigenvalue weighted by Crippen LogP contribution is -2.58. The molecular formula is C30H50N4O5S2. The van der Waals surface area contributed by atoms with E-state index in [1.165, 1.54) is 11.8 Å². The molecule has 0 radical (unpaired) electrons. The Labute approximate surface area is 248 Å². The summed E-state index contributed by atoms with van der Waals surface area (Å²) in [5.74, 6) is 0.116. The van der Waals surface area contributed by atoms with Crippen LogP contribution in [0.25, 0.3) is 0 Å². The van der Waals surface area contributed by atoms with Crippen molar-refractivity contribution < 1.29 is 21.6 Å². The molecule has 9 nitrogen and oxygen atoms in total. The summed E-state index contributed by atoms with van der Waals surface area (Å²) in [6.45, 7) is 13.8. The number of rotatable bonds is 12. The summed E-state index contributed by atoms with van der Waals surface area (Å²) in [4.78, 5) is 18.0. The molecule has 1 N–H and O–H groups in total. The van der Waals surface area contributed by atoms with E-state index in [-0.39, 0.29) is 35.3 Å². The molecule has 1 aromatic carbocycles. The Bertz CT molecular complexity index is 1300. The van der Waals surface area contributed by atoms with Gasteiger partial charge in [-0.05, 0) is 68.7 Å². The molecule has 3 fully saturated rings. The van der Waals surface area contributed by atoms with E-state index in [1.807, 2.05) is 30.9 Å². The zero-order chi connectivity index (χ0) is 30.2. The number of anilines is 1. The summed E-state index contributed by atoms with van der Waals surface area (Å²) in [6.07, 6.45) is 3.90. The van der Waals surface area contributed by atoms with Crippen molar-refractivity contribution in [2.45, 2.75) is 72.4 Å². The van der Waals surface area contributed by atoms with Gasteiger partial charge in [0.2, 0.25) is 15.9 Å². The number of nitrogens with one attached hydrogen (secondary N) is 1. The van der Waals surface area contributed by atoms with Gasteiger partial charge in [-0.3, -0.25) is 9.69 Å². The lowest BCUT2D eigenvalue weighted by molar-refractivity contribution is -0.128. The standard InChI is InChI=1S/C30H50N4O5S2/c1-7-32(8-2)26(14-20-40(6,36)37)28(35)31-27-21-24-13-15-30(27,29(24,4)5)22-41(38,39)34-18-16-33(17-19-34)25-12-10-9-11-23(25)3/h9-12,24,26-27H,7-8,13-22H2,1-6H3,(H,31,35)/t24?,26-,27?,30?/m0/s1. The average molecular weight is 611 g/mol. The van der Waals surface area contributed by atoms with Crippen molar-refractivity contribution in [3.8, 4) is 0 Å². The Hall–Kier alpha value is -1.69. The number of carbonyl (C=O) groups is 1. The maximum Gasteiger partial charge on any atom is 0.237 e. The van der Waals surface area contributed by atoms with Crippen LogP contribution in [0.3, 0.4) is 0 Å². The van der Waals surface area contributed by atoms with Crippen LogP contribution in [0.1, 0.15) is 58.9 Å².